The molecular formula is C12H17N3OS. The molecule has 1 aromatic heterocycles. The quantitative estimate of drug-likeness (QED) is 0.869. The molecule has 2 heterocycles. The fraction of sp³-hybridized carbons (Fsp3) is 0.500. The van der Waals surface area contributed by atoms with Crippen LogP contribution in [0.2, 0.25) is 0 Å². The molecule has 0 spiro atoms. The molecule has 1 aromatic rings. The van der Waals surface area contributed by atoms with Crippen molar-refractivity contribution in [2.24, 2.45) is 0 Å². The summed E-state index contributed by atoms with van der Waals surface area (Å²) in [6.45, 7) is 3.81. The lowest BCUT2D eigenvalue weighted by atomic mass is 10.2. The highest BCUT2D eigenvalue weighted by Gasteiger charge is 2.24. The molecule has 0 radical (unpaired) electrons. The average Bonchev–Trinajstić information content (AvgIpc) is 2.38. The van der Waals surface area contributed by atoms with Crippen molar-refractivity contribution < 1.29 is 4.79 Å². The normalized spacial score (nSPS) is 20.1. The first-order valence-corrected chi connectivity index (χ1v) is 6.81. The van der Waals surface area contributed by atoms with Gasteiger partial charge in [0.2, 0.25) is 0 Å². The number of nitrogens with zero attached hydrogens (tertiary/aromatic N) is 2. The van der Waals surface area contributed by atoms with Gasteiger partial charge < -0.3 is 10.2 Å². The topological polar surface area (TPSA) is 45.2 Å². The second-order valence-corrected chi connectivity index (χ2v) is 5.63. The third-order valence-electron chi connectivity index (χ3n) is 2.80. The van der Waals surface area contributed by atoms with Gasteiger partial charge in [-0.25, -0.2) is 4.98 Å². The molecule has 0 aromatic carbocycles. The largest absolute Gasteiger partial charge is 0.372 e. The molecule has 1 fully saturated rings. The van der Waals surface area contributed by atoms with Gasteiger partial charge in [-0.05, 0) is 12.1 Å². The molecule has 1 aliphatic heterocycles. The predicted molar refractivity (Wildman–Crippen MR) is 71.6 cm³/mol. The van der Waals surface area contributed by atoms with E-state index in [0.717, 1.165) is 18.8 Å². The third-order valence-corrected chi connectivity index (χ3v) is 3.94. The first-order valence-electron chi connectivity index (χ1n) is 5.76. The molecule has 1 unspecified atom stereocenters. The van der Waals surface area contributed by atoms with Crippen molar-refractivity contribution in [1.29, 1.82) is 0 Å². The molecule has 17 heavy (non-hydrogen) atoms. The van der Waals surface area contributed by atoms with Gasteiger partial charge >= 0.3 is 0 Å². The van der Waals surface area contributed by atoms with E-state index in [4.69, 9.17) is 0 Å². The fourth-order valence-corrected chi connectivity index (χ4v) is 2.96. The van der Waals surface area contributed by atoms with Gasteiger partial charge in [0.1, 0.15) is 5.82 Å². The van der Waals surface area contributed by atoms with Crippen LogP contribution in [0, 0.1) is 0 Å². The van der Waals surface area contributed by atoms with Crippen LogP contribution in [0.4, 0.5) is 5.82 Å². The first-order chi connectivity index (χ1) is 8.22. The summed E-state index contributed by atoms with van der Waals surface area (Å²) in [5.74, 6) is 1.75. The van der Waals surface area contributed by atoms with Gasteiger partial charge in [0.15, 0.2) is 0 Å². The van der Waals surface area contributed by atoms with E-state index in [1.165, 1.54) is 0 Å². The Morgan fingerprint density at radius 2 is 2.47 bits per heavy atom. The number of carbonyl (C=O) groups is 1. The minimum absolute atomic E-state index is 0.0783. The number of hydrogen-bond acceptors (Lipinski definition) is 4. The Morgan fingerprint density at radius 1 is 1.65 bits per heavy atom. The van der Waals surface area contributed by atoms with Gasteiger partial charge in [0.25, 0.3) is 5.91 Å². The monoisotopic (exact) mass is 251 g/mol. The summed E-state index contributed by atoms with van der Waals surface area (Å²) >= 11 is 1.92. The van der Waals surface area contributed by atoms with E-state index >= 15 is 0 Å². The number of rotatable bonds is 2. The summed E-state index contributed by atoms with van der Waals surface area (Å²) in [7, 11) is 1.79. The van der Waals surface area contributed by atoms with Crippen LogP contribution in [-0.4, -0.2) is 46.9 Å². The van der Waals surface area contributed by atoms with Crippen LogP contribution in [0.1, 0.15) is 17.3 Å². The standard InChI is InChI=1S/C12H17N3OS/c1-9-8-15(6-7-17-9)12(16)10-4-3-5-14-11(10)13-2/h3-5,9H,6-8H2,1-2H3,(H,13,14). The smallest absolute Gasteiger partial charge is 0.257 e. The number of thioether (sulfide) groups is 1. The Kier molecular flexibility index (Phi) is 3.89. The van der Waals surface area contributed by atoms with Crippen LogP contribution in [0.3, 0.4) is 0 Å². The molecule has 2 rings (SSSR count). The molecule has 4 nitrogen and oxygen atoms in total. The van der Waals surface area contributed by atoms with E-state index in [-0.39, 0.29) is 5.91 Å². The molecule has 92 valence electrons. The molecule has 1 saturated heterocycles. The van der Waals surface area contributed by atoms with Gasteiger partial charge in [0.05, 0.1) is 5.56 Å². The number of hydrogen-bond donors (Lipinski definition) is 1. The summed E-state index contributed by atoms with van der Waals surface area (Å²) in [4.78, 5) is 18.4. The summed E-state index contributed by atoms with van der Waals surface area (Å²) in [6.07, 6.45) is 1.69. The van der Waals surface area contributed by atoms with Crippen LogP contribution in [-0.2, 0) is 0 Å². The van der Waals surface area contributed by atoms with Crippen LogP contribution in [0.15, 0.2) is 18.3 Å². The van der Waals surface area contributed by atoms with Gasteiger partial charge in [-0.3, -0.25) is 4.79 Å². The Balaban J connectivity index is 2.18. The predicted octanol–water partition coefficient (Wildman–Crippen LogP) is 1.70. The zero-order valence-electron chi connectivity index (χ0n) is 10.1. The number of carbonyl (C=O) groups excluding carboxylic acids is 1. The molecule has 0 aliphatic carbocycles. The maximum Gasteiger partial charge on any atom is 0.257 e. The number of nitrogens with one attached hydrogen (secondary N) is 1. The van der Waals surface area contributed by atoms with Gasteiger partial charge in [-0.15, -0.1) is 0 Å². The van der Waals surface area contributed by atoms with Crippen LogP contribution in [0.25, 0.3) is 0 Å². The van der Waals surface area contributed by atoms with Crippen molar-refractivity contribution in [3.63, 3.8) is 0 Å². The van der Waals surface area contributed by atoms with Gasteiger partial charge in [0, 0.05) is 37.3 Å². The number of pyridine rings is 1. The van der Waals surface area contributed by atoms with E-state index < -0.39 is 0 Å². The molecule has 5 heteroatoms. The highest BCUT2D eigenvalue weighted by Crippen LogP contribution is 2.21. The Morgan fingerprint density at radius 3 is 3.18 bits per heavy atom. The molecule has 0 saturated carbocycles. The second kappa shape index (κ2) is 5.40. The van der Waals surface area contributed by atoms with Crippen LogP contribution < -0.4 is 5.32 Å². The van der Waals surface area contributed by atoms with E-state index in [9.17, 15) is 4.79 Å². The summed E-state index contributed by atoms with van der Waals surface area (Å²) in [6, 6.07) is 3.63. The molecule has 0 bridgehead atoms. The Labute approximate surface area is 106 Å². The average molecular weight is 251 g/mol. The highest BCUT2D eigenvalue weighted by atomic mass is 32.2. The van der Waals surface area contributed by atoms with Crippen molar-refractivity contribution in [2.45, 2.75) is 12.2 Å². The van der Waals surface area contributed by atoms with Crippen molar-refractivity contribution >= 4 is 23.5 Å². The van der Waals surface area contributed by atoms with Gasteiger partial charge in [-0.2, -0.15) is 11.8 Å². The fourth-order valence-electron chi connectivity index (χ4n) is 1.95. The van der Waals surface area contributed by atoms with Crippen molar-refractivity contribution in [3.8, 4) is 0 Å². The highest BCUT2D eigenvalue weighted by molar-refractivity contribution is 7.99. The molecule has 1 N–H and O–H groups in total. The lowest BCUT2D eigenvalue weighted by Crippen LogP contribution is -2.41. The number of anilines is 1. The van der Waals surface area contributed by atoms with E-state index in [0.29, 0.717) is 16.6 Å². The zero-order valence-corrected chi connectivity index (χ0v) is 11.0. The van der Waals surface area contributed by atoms with Crippen LogP contribution in [0.5, 0.6) is 0 Å². The maximum atomic E-state index is 12.4. The van der Waals surface area contributed by atoms with Crippen LogP contribution >= 0.6 is 11.8 Å². The Hall–Kier alpha value is -1.23. The second-order valence-electron chi connectivity index (χ2n) is 4.08. The first kappa shape index (κ1) is 12.2. The maximum absolute atomic E-state index is 12.4. The van der Waals surface area contributed by atoms with E-state index in [1.807, 2.05) is 22.7 Å². The van der Waals surface area contributed by atoms with Crippen molar-refractivity contribution in [1.82, 2.24) is 9.88 Å². The molecule has 1 atom stereocenters. The summed E-state index contributed by atoms with van der Waals surface area (Å²) < 4.78 is 0. The molecule has 1 aliphatic rings. The van der Waals surface area contributed by atoms with Gasteiger partial charge in [-0.1, -0.05) is 6.92 Å². The molecular weight excluding hydrogens is 234 g/mol. The minimum Gasteiger partial charge on any atom is -0.372 e. The van der Waals surface area contributed by atoms with E-state index in [2.05, 4.69) is 17.2 Å². The SMILES string of the molecule is CNc1ncccc1C(=O)N1CCSC(C)C1. The third kappa shape index (κ3) is 2.72. The lowest BCUT2D eigenvalue weighted by molar-refractivity contribution is 0.0764. The minimum atomic E-state index is 0.0783. The molecule has 1 amide bonds. The van der Waals surface area contributed by atoms with Crippen molar-refractivity contribution in [3.05, 3.63) is 23.9 Å². The summed E-state index contributed by atoms with van der Waals surface area (Å²) in [5.41, 5.74) is 0.661. The number of amides is 1. The van der Waals surface area contributed by atoms with E-state index in [1.54, 1.807) is 19.3 Å². The lowest BCUT2D eigenvalue weighted by Gasteiger charge is -2.30. The number of aromatic nitrogens is 1. The summed E-state index contributed by atoms with van der Waals surface area (Å²) in [5, 5.41) is 3.48. The van der Waals surface area contributed by atoms with Crippen molar-refractivity contribution in [2.75, 3.05) is 31.2 Å². The Bertz CT molecular complexity index is 410. The zero-order chi connectivity index (χ0) is 12.3.